The molecule has 2 aromatic heterocycles. The fourth-order valence-electron chi connectivity index (χ4n) is 2.17. The molecule has 114 valence electrons. The summed E-state index contributed by atoms with van der Waals surface area (Å²) in [4.78, 5) is 8.29. The Bertz CT molecular complexity index is 591. The van der Waals surface area contributed by atoms with Crippen molar-refractivity contribution in [3.63, 3.8) is 0 Å². The van der Waals surface area contributed by atoms with E-state index in [2.05, 4.69) is 38.7 Å². The van der Waals surface area contributed by atoms with Crippen molar-refractivity contribution < 1.29 is 0 Å². The molecule has 2 aromatic rings. The number of aromatic nitrogens is 4. The lowest BCUT2D eigenvalue weighted by Gasteiger charge is -2.09. The maximum atomic E-state index is 5.69. The second kappa shape index (κ2) is 6.92. The van der Waals surface area contributed by atoms with Gasteiger partial charge < -0.3 is 16.4 Å². The first-order valence-corrected chi connectivity index (χ1v) is 7.22. The maximum absolute atomic E-state index is 5.69. The van der Waals surface area contributed by atoms with Crippen LogP contribution in [-0.4, -0.2) is 32.8 Å². The van der Waals surface area contributed by atoms with Crippen LogP contribution in [0.5, 0.6) is 0 Å². The highest BCUT2D eigenvalue weighted by molar-refractivity contribution is 5.50. The third kappa shape index (κ3) is 4.34. The fraction of sp³-hybridized carbons (Fsp3) is 0.500. The van der Waals surface area contributed by atoms with Crippen LogP contribution in [0.4, 0.5) is 17.6 Å². The molecule has 2 rings (SSSR count). The lowest BCUT2D eigenvalue weighted by atomic mass is 10.4. The quantitative estimate of drug-likeness (QED) is 0.673. The first-order chi connectivity index (χ1) is 10.1. The zero-order valence-corrected chi connectivity index (χ0v) is 12.8. The molecular weight excluding hydrogens is 266 g/mol. The Labute approximate surface area is 125 Å². The summed E-state index contributed by atoms with van der Waals surface area (Å²) in [7, 11) is 0. The number of aryl methyl sites for hydroxylation is 3. The van der Waals surface area contributed by atoms with E-state index in [1.807, 2.05) is 24.6 Å². The van der Waals surface area contributed by atoms with Crippen molar-refractivity contribution >= 4 is 17.6 Å². The van der Waals surface area contributed by atoms with E-state index in [0.29, 0.717) is 0 Å². The molecule has 0 saturated carbocycles. The Morgan fingerprint density at radius 1 is 1.14 bits per heavy atom. The predicted molar refractivity (Wildman–Crippen MR) is 85.4 cm³/mol. The second-order valence-corrected chi connectivity index (χ2v) is 4.96. The van der Waals surface area contributed by atoms with Gasteiger partial charge in [0.2, 0.25) is 5.95 Å². The molecule has 0 radical (unpaired) electrons. The van der Waals surface area contributed by atoms with Crippen molar-refractivity contribution in [2.45, 2.75) is 33.7 Å². The molecule has 0 atom stereocenters. The van der Waals surface area contributed by atoms with Crippen LogP contribution in [0.15, 0.2) is 12.1 Å². The van der Waals surface area contributed by atoms with Crippen molar-refractivity contribution in [3.8, 4) is 0 Å². The zero-order chi connectivity index (χ0) is 15.2. The van der Waals surface area contributed by atoms with Crippen LogP contribution in [0, 0.1) is 13.8 Å². The van der Waals surface area contributed by atoms with Gasteiger partial charge >= 0.3 is 0 Å². The van der Waals surface area contributed by atoms with Gasteiger partial charge in [-0.05, 0) is 33.3 Å². The summed E-state index contributed by atoms with van der Waals surface area (Å²) in [5, 5.41) is 10.8. The van der Waals surface area contributed by atoms with E-state index >= 15 is 0 Å². The number of nitrogen functional groups attached to an aromatic ring is 1. The molecule has 2 heterocycles. The molecule has 0 spiro atoms. The summed E-state index contributed by atoms with van der Waals surface area (Å²) in [6.45, 7) is 8.58. The number of nitrogens with zero attached hydrogens (tertiary/aromatic N) is 4. The van der Waals surface area contributed by atoms with Crippen molar-refractivity contribution in [1.82, 2.24) is 19.7 Å². The van der Waals surface area contributed by atoms with Crippen molar-refractivity contribution in [2.24, 2.45) is 0 Å². The molecule has 21 heavy (non-hydrogen) atoms. The van der Waals surface area contributed by atoms with Gasteiger partial charge in [-0.15, -0.1) is 0 Å². The van der Waals surface area contributed by atoms with Crippen LogP contribution >= 0.6 is 0 Å². The molecule has 0 aromatic carbocycles. The van der Waals surface area contributed by atoms with Crippen LogP contribution in [-0.2, 0) is 6.54 Å². The first-order valence-electron chi connectivity index (χ1n) is 7.22. The van der Waals surface area contributed by atoms with Gasteiger partial charge in [0.1, 0.15) is 11.6 Å². The standard InChI is InChI=1S/C14H23N7/c1-4-16-12-9-13(19-14(15)18-12)17-6-5-7-21-11(3)8-10(2)20-21/h8-9H,4-7H2,1-3H3,(H4,15,16,17,18,19). The summed E-state index contributed by atoms with van der Waals surface area (Å²) >= 11 is 0. The number of anilines is 3. The average molecular weight is 289 g/mol. The third-order valence-electron chi connectivity index (χ3n) is 3.06. The summed E-state index contributed by atoms with van der Waals surface area (Å²) in [6.07, 6.45) is 0.961. The van der Waals surface area contributed by atoms with Crippen LogP contribution in [0.1, 0.15) is 24.7 Å². The minimum atomic E-state index is 0.273. The fourth-order valence-corrected chi connectivity index (χ4v) is 2.17. The molecular formula is C14H23N7. The van der Waals surface area contributed by atoms with E-state index in [9.17, 15) is 0 Å². The number of rotatable bonds is 7. The summed E-state index contributed by atoms with van der Waals surface area (Å²) in [5.74, 6) is 1.76. The van der Waals surface area contributed by atoms with Crippen LogP contribution in [0.3, 0.4) is 0 Å². The number of nitrogens with one attached hydrogen (secondary N) is 2. The Kier molecular flexibility index (Phi) is 4.97. The SMILES string of the molecule is CCNc1cc(NCCCn2nc(C)cc2C)nc(N)n1. The van der Waals surface area contributed by atoms with Crippen LogP contribution in [0.2, 0.25) is 0 Å². The molecule has 0 bridgehead atoms. The van der Waals surface area contributed by atoms with E-state index in [1.54, 1.807) is 0 Å². The predicted octanol–water partition coefficient (Wildman–Crippen LogP) is 1.81. The Hall–Kier alpha value is -2.31. The highest BCUT2D eigenvalue weighted by Crippen LogP contribution is 2.12. The van der Waals surface area contributed by atoms with Gasteiger partial charge in [0, 0.05) is 31.4 Å². The maximum Gasteiger partial charge on any atom is 0.223 e. The van der Waals surface area contributed by atoms with Gasteiger partial charge in [0.25, 0.3) is 0 Å². The second-order valence-electron chi connectivity index (χ2n) is 4.96. The highest BCUT2D eigenvalue weighted by Gasteiger charge is 2.03. The first kappa shape index (κ1) is 15.1. The largest absolute Gasteiger partial charge is 0.370 e. The van der Waals surface area contributed by atoms with Gasteiger partial charge in [-0.2, -0.15) is 15.1 Å². The van der Waals surface area contributed by atoms with Crippen LogP contribution in [0.25, 0.3) is 0 Å². The molecule has 0 amide bonds. The normalized spacial score (nSPS) is 10.6. The molecule has 0 aliphatic heterocycles. The average Bonchev–Trinajstić information content (AvgIpc) is 2.73. The van der Waals surface area contributed by atoms with Gasteiger partial charge in [0.15, 0.2) is 0 Å². The molecule has 0 aliphatic carbocycles. The molecule has 0 fully saturated rings. The van der Waals surface area contributed by atoms with E-state index in [-0.39, 0.29) is 5.95 Å². The Morgan fingerprint density at radius 3 is 2.48 bits per heavy atom. The zero-order valence-electron chi connectivity index (χ0n) is 12.8. The summed E-state index contributed by atoms with van der Waals surface area (Å²) in [5.41, 5.74) is 7.93. The minimum Gasteiger partial charge on any atom is -0.370 e. The molecule has 0 saturated heterocycles. The van der Waals surface area contributed by atoms with Gasteiger partial charge in [0.05, 0.1) is 5.69 Å². The van der Waals surface area contributed by atoms with E-state index < -0.39 is 0 Å². The molecule has 0 aliphatic rings. The topological polar surface area (TPSA) is 93.7 Å². The van der Waals surface area contributed by atoms with Gasteiger partial charge in [-0.1, -0.05) is 0 Å². The lowest BCUT2D eigenvalue weighted by Crippen LogP contribution is -2.11. The molecule has 4 N–H and O–H groups in total. The summed E-state index contributed by atoms with van der Waals surface area (Å²) in [6, 6.07) is 3.95. The number of nitrogens with two attached hydrogens (primary N) is 1. The Balaban J connectivity index is 1.84. The van der Waals surface area contributed by atoms with Crippen molar-refractivity contribution in [1.29, 1.82) is 0 Å². The lowest BCUT2D eigenvalue weighted by molar-refractivity contribution is 0.573. The van der Waals surface area contributed by atoms with E-state index in [0.717, 1.165) is 43.4 Å². The van der Waals surface area contributed by atoms with E-state index in [4.69, 9.17) is 5.73 Å². The number of hydrogen-bond acceptors (Lipinski definition) is 6. The van der Waals surface area contributed by atoms with Gasteiger partial charge in [-0.25, -0.2) is 0 Å². The highest BCUT2D eigenvalue weighted by atomic mass is 15.3. The monoisotopic (exact) mass is 289 g/mol. The van der Waals surface area contributed by atoms with E-state index in [1.165, 1.54) is 5.69 Å². The minimum absolute atomic E-state index is 0.273. The third-order valence-corrected chi connectivity index (χ3v) is 3.06. The number of hydrogen-bond donors (Lipinski definition) is 3. The molecule has 7 heteroatoms. The smallest absolute Gasteiger partial charge is 0.223 e. The van der Waals surface area contributed by atoms with Crippen LogP contribution < -0.4 is 16.4 Å². The molecule has 0 unspecified atom stereocenters. The Morgan fingerprint density at radius 2 is 1.86 bits per heavy atom. The molecule has 7 nitrogen and oxygen atoms in total. The van der Waals surface area contributed by atoms with Gasteiger partial charge in [-0.3, -0.25) is 4.68 Å². The van der Waals surface area contributed by atoms with Crippen molar-refractivity contribution in [3.05, 3.63) is 23.5 Å². The summed E-state index contributed by atoms with van der Waals surface area (Å²) < 4.78 is 2.02. The van der Waals surface area contributed by atoms with Crippen molar-refractivity contribution in [2.75, 3.05) is 29.5 Å².